The first-order chi connectivity index (χ1) is 10.4. The highest BCUT2D eigenvalue weighted by molar-refractivity contribution is 5.95. The van der Waals surface area contributed by atoms with Crippen LogP contribution in [0.1, 0.15) is 19.8 Å². The van der Waals surface area contributed by atoms with E-state index in [1.165, 1.54) is 40.3 Å². The number of unbranched alkanes of at least 4 members (excludes halogenated alkanes) is 1. The Morgan fingerprint density at radius 1 is 0.952 bits per heavy atom. The maximum Gasteiger partial charge on any atom is 0.295 e. The minimum atomic E-state index is 1.07. The van der Waals surface area contributed by atoms with E-state index >= 15 is 0 Å². The van der Waals surface area contributed by atoms with Gasteiger partial charge in [-0.05, 0) is 36.1 Å². The lowest BCUT2D eigenvalue weighted by atomic mass is 10.2. The van der Waals surface area contributed by atoms with Gasteiger partial charge in [0.05, 0.1) is 18.1 Å². The maximum atomic E-state index is 2.47. The summed E-state index contributed by atoms with van der Waals surface area (Å²) in [4.78, 5) is 0. The van der Waals surface area contributed by atoms with Gasteiger partial charge in [-0.15, -0.1) is 0 Å². The second-order valence-corrected chi connectivity index (χ2v) is 5.59. The molecule has 0 aliphatic rings. The lowest BCUT2D eigenvalue weighted by Gasteiger charge is -2.00. The molecule has 104 valence electrons. The zero-order chi connectivity index (χ0) is 14.2. The summed E-state index contributed by atoms with van der Waals surface area (Å²) < 4.78 is 4.80. The number of hydrogen-bond donors (Lipinski definition) is 0. The van der Waals surface area contributed by atoms with Gasteiger partial charge >= 0.3 is 0 Å². The molecule has 0 saturated heterocycles. The SMILES string of the molecule is CCCC[n+]1c2ccccc2n2ccc3ccccc3c21. The molecule has 0 aliphatic carbocycles. The van der Waals surface area contributed by atoms with Crippen LogP contribution in [0.5, 0.6) is 0 Å². The van der Waals surface area contributed by atoms with Crippen LogP contribution in [-0.4, -0.2) is 4.40 Å². The van der Waals surface area contributed by atoms with E-state index in [0.29, 0.717) is 0 Å². The van der Waals surface area contributed by atoms with Gasteiger partial charge in [0.25, 0.3) is 5.65 Å². The molecular formula is C19H19N2+. The Hall–Kier alpha value is -2.35. The molecular weight excluding hydrogens is 256 g/mol. The van der Waals surface area contributed by atoms with Crippen LogP contribution >= 0.6 is 0 Å². The predicted molar refractivity (Wildman–Crippen MR) is 87.5 cm³/mol. The minimum absolute atomic E-state index is 1.07. The Bertz CT molecular complexity index is 934. The summed E-state index contributed by atoms with van der Waals surface area (Å²) in [6.07, 6.45) is 4.61. The lowest BCUT2D eigenvalue weighted by molar-refractivity contribution is -0.645. The van der Waals surface area contributed by atoms with Crippen LogP contribution in [-0.2, 0) is 6.54 Å². The summed E-state index contributed by atoms with van der Waals surface area (Å²) in [6.45, 7) is 3.32. The Labute approximate surface area is 124 Å². The molecule has 2 heteroatoms. The van der Waals surface area contributed by atoms with Gasteiger partial charge in [0.1, 0.15) is 0 Å². The molecule has 0 atom stereocenters. The van der Waals surface area contributed by atoms with Crippen molar-refractivity contribution in [2.24, 2.45) is 0 Å². The zero-order valence-corrected chi connectivity index (χ0v) is 12.3. The van der Waals surface area contributed by atoms with Gasteiger partial charge in [0, 0.05) is 0 Å². The lowest BCUT2D eigenvalue weighted by Crippen LogP contribution is -2.33. The second-order valence-electron chi connectivity index (χ2n) is 5.59. The molecule has 0 saturated carbocycles. The van der Waals surface area contributed by atoms with Gasteiger partial charge in [0.2, 0.25) is 0 Å². The number of aromatic nitrogens is 2. The predicted octanol–water partition coefficient (Wildman–Crippen LogP) is 4.33. The van der Waals surface area contributed by atoms with Gasteiger partial charge in [-0.25, -0.2) is 4.57 Å². The maximum absolute atomic E-state index is 2.47. The quantitative estimate of drug-likeness (QED) is 0.492. The van der Waals surface area contributed by atoms with E-state index in [4.69, 9.17) is 0 Å². The summed E-state index contributed by atoms with van der Waals surface area (Å²) in [6, 6.07) is 19.6. The molecule has 2 nitrogen and oxygen atoms in total. The fourth-order valence-corrected chi connectivity index (χ4v) is 3.22. The zero-order valence-electron chi connectivity index (χ0n) is 12.3. The van der Waals surface area contributed by atoms with Gasteiger partial charge in [0.15, 0.2) is 11.0 Å². The molecule has 0 unspecified atom stereocenters. The average molecular weight is 275 g/mol. The van der Waals surface area contributed by atoms with E-state index < -0.39 is 0 Å². The first kappa shape index (κ1) is 12.4. The largest absolute Gasteiger partial charge is 0.295 e. The van der Waals surface area contributed by atoms with Crippen molar-refractivity contribution in [3.05, 3.63) is 60.8 Å². The van der Waals surface area contributed by atoms with Gasteiger partial charge in [-0.3, -0.25) is 0 Å². The normalized spacial score (nSPS) is 11.7. The Balaban J connectivity index is 2.19. The monoisotopic (exact) mass is 275 g/mol. The number of rotatable bonds is 3. The third kappa shape index (κ3) is 1.83. The average Bonchev–Trinajstić information content (AvgIpc) is 2.87. The minimum Gasteiger partial charge on any atom is -0.222 e. The number of nitrogens with zero attached hydrogens (tertiary/aromatic N) is 2. The molecule has 0 radical (unpaired) electrons. The fraction of sp³-hybridized carbons (Fsp3) is 0.211. The third-order valence-electron chi connectivity index (χ3n) is 4.26. The van der Waals surface area contributed by atoms with Crippen LogP contribution < -0.4 is 4.57 Å². The molecule has 0 spiro atoms. The Morgan fingerprint density at radius 2 is 1.76 bits per heavy atom. The smallest absolute Gasteiger partial charge is 0.222 e. The van der Waals surface area contributed by atoms with E-state index in [1.807, 2.05) is 0 Å². The molecule has 21 heavy (non-hydrogen) atoms. The molecule has 0 aliphatic heterocycles. The van der Waals surface area contributed by atoms with E-state index in [2.05, 4.69) is 76.7 Å². The first-order valence-corrected chi connectivity index (χ1v) is 7.70. The highest BCUT2D eigenvalue weighted by Crippen LogP contribution is 2.22. The van der Waals surface area contributed by atoms with Crippen molar-refractivity contribution in [3.8, 4) is 0 Å². The van der Waals surface area contributed by atoms with E-state index in [1.54, 1.807) is 0 Å². The van der Waals surface area contributed by atoms with Crippen LogP contribution in [0.3, 0.4) is 0 Å². The number of imidazole rings is 1. The van der Waals surface area contributed by atoms with Crippen molar-refractivity contribution in [2.45, 2.75) is 26.3 Å². The van der Waals surface area contributed by atoms with Crippen LogP contribution in [0.25, 0.3) is 27.5 Å². The summed E-state index contributed by atoms with van der Waals surface area (Å²) in [5, 5.41) is 2.63. The summed E-state index contributed by atoms with van der Waals surface area (Å²) >= 11 is 0. The van der Waals surface area contributed by atoms with Crippen LogP contribution in [0, 0.1) is 0 Å². The number of aryl methyl sites for hydroxylation is 1. The van der Waals surface area contributed by atoms with E-state index in [-0.39, 0.29) is 0 Å². The van der Waals surface area contributed by atoms with Crippen LogP contribution in [0.15, 0.2) is 60.8 Å². The standard InChI is InChI=1S/C19H19N2/c1-2-3-13-20-17-10-6-7-11-18(17)21-14-12-15-8-4-5-9-16(15)19(20)21/h4-12,14H,2-3,13H2,1H3/q+1. The number of hydrogen-bond acceptors (Lipinski definition) is 0. The molecule has 0 N–H and O–H groups in total. The van der Waals surface area contributed by atoms with Crippen molar-refractivity contribution in [1.29, 1.82) is 0 Å². The van der Waals surface area contributed by atoms with Crippen LogP contribution in [0.2, 0.25) is 0 Å². The second kappa shape index (κ2) is 4.88. The molecule has 2 aromatic heterocycles. The molecule has 0 fully saturated rings. The molecule has 4 rings (SSSR count). The number of fused-ring (bicyclic) bond motifs is 5. The molecule has 2 heterocycles. The Kier molecular flexibility index (Phi) is 2.88. The molecule has 0 amide bonds. The summed E-state index contributed by atoms with van der Waals surface area (Å²) in [7, 11) is 0. The van der Waals surface area contributed by atoms with Gasteiger partial charge in [-0.2, -0.15) is 4.40 Å². The highest BCUT2D eigenvalue weighted by atomic mass is 15.1. The summed E-state index contributed by atoms with van der Waals surface area (Å²) in [5.41, 5.74) is 3.92. The number of para-hydroxylation sites is 2. The van der Waals surface area contributed by atoms with Crippen molar-refractivity contribution in [2.75, 3.05) is 0 Å². The number of pyridine rings is 1. The number of benzene rings is 2. The first-order valence-electron chi connectivity index (χ1n) is 7.70. The van der Waals surface area contributed by atoms with Gasteiger partial charge < -0.3 is 0 Å². The molecule has 4 aromatic rings. The third-order valence-corrected chi connectivity index (χ3v) is 4.26. The summed E-state index contributed by atoms with van der Waals surface area (Å²) in [5.74, 6) is 0. The van der Waals surface area contributed by atoms with Crippen molar-refractivity contribution in [3.63, 3.8) is 0 Å². The van der Waals surface area contributed by atoms with Crippen molar-refractivity contribution < 1.29 is 4.57 Å². The Morgan fingerprint density at radius 3 is 2.67 bits per heavy atom. The molecule has 0 bridgehead atoms. The fourth-order valence-electron chi connectivity index (χ4n) is 3.22. The van der Waals surface area contributed by atoms with E-state index in [9.17, 15) is 0 Å². The van der Waals surface area contributed by atoms with Crippen LogP contribution in [0.4, 0.5) is 0 Å². The van der Waals surface area contributed by atoms with Crippen molar-refractivity contribution >= 4 is 27.5 Å². The van der Waals surface area contributed by atoms with Crippen molar-refractivity contribution in [1.82, 2.24) is 4.40 Å². The molecule has 2 aromatic carbocycles. The topological polar surface area (TPSA) is 8.29 Å². The van der Waals surface area contributed by atoms with E-state index in [0.717, 1.165) is 6.54 Å². The highest BCUT2D eigenvalue weighted by Gasteiger charge is 2.20. The van der Waals surface area contributed by atoms with Gasteiger partial charge in [-0.1, -0.05) is 43.7 Å².